The van der Waals surface area contributed by atoms with Crippen LogP contribution in [0.5, 0.6) is 5.75 Å². The van der Waals surface area contributed by atoms with Gasteiger partial charge < -0.3 is 14.8 Å². The van der Waals surface area contributed by atoms with Crippen LogP contribution in [0.3, 0.4) is 0 Å². The molecule has 108 valence electrons. The molecule has 1 aromatic heterocycles. The Bertz CT molecular complexity index is 591. The summed E-state index contributed by atoms with van der Waals surface area (Å²) in [6.45, 7) is 6.57. The van der Waals surface area contributed by atoms with Gasteiger partial charge in [0.1, 0.15) is 5.75 Å². The number of ether oxygens (including phenoxy) is 2. The highest BCUT2D eigenvalue weighted by atomic mass is 32.1. The first-order valence-corrected chi connectivity index (χ1v) is 7.89. The van der Waals surface area contributed by atoms with Crippen LogP contribution in [-0.2, 0) is 4.74 Å². The average molecular weight is 292 g/mol. The molecule has 0 aliphatic carbocycles. The standard InChI is InChI=1S/C15H20N2O2S/c1-3-19-11-4-5-12-13(10-11)20-14(16-12)17-15(2)6-8-18-9-7-15/h4-5,10H,3,6-9H2,1-2H3,(H,16,17). The summed E-state index contributed by atoms with van der Waals surface area (Å²) in [5, 5.41) is 4.57. The zero-order chi connectivity index (χ0) is 14.0. The van der Waals surface area contributed by atoms with E-state index < -0.39 is 0 Å². The van der Waals surface area contributed by atoms with E-state index in [-0.39, 0.29) is 5.54 Å². The Morgan fingerprint density at radius 1 is 1.40 bits per heavy atom. The molecule has 2 aromatic rings. The molecule has 3 rings (SSSR count). The van der Waals surface area contributed by atoms with Crippen molar-refractivity contribution in [2.45, 2.75) is 32.2 Å². The number of hydrogen-bond acceptors (Lipinski definition) is 5. The normalized spacial score (nSPS) is 18.1. The van der Waals surface area contributed by atoms with Crippen LogP contribution in [0.1, 0.15) is 26.7 Å². The first-order valence-electron chi connectivity index (χ1n) is 7.08. The molecule has 0 unspecified atom stereocenters. The van der Waals surface area contributed by atoms with E-state index in [0.29, 0.717) is 6.61 Å². The second-order valence-corrected chi connectivity index (χ2v) is 6.41. The smallest absolute Gasteiger partial charge is 0.184 e. The van der Waals surface area contributed by atoms with E-state index in [0.717, 1.165) is 47.2 Å². The molecule has 0 radical (unpaired) electrons. The highest BCUT2D eigenvalue weighted by Crippen LogP contribution is 2.33. The Balaban J connectivity index is 1.81. The number of nitrogens with zero attached hydrogens (tertiary/aromatic N) is 1. The summed E-state index contributed by atoms with van der Waals surface area (Å²) in [5.74, 6) is 0.910. The predicted molar refractivity (Wildman–Crippen MR) is 82.9 cm³/mol. The van der Waals surface area contributed by atoms with Gasteiger partial charge in [0.05, 0.1) is 16.8 Å². The van der Waals surface area contributed by atoms with Crippen molar-refractivity contribution in [1.29, 1.82) is 0 Å². The zero-order valence-corrected chi connectivity index (χ0v) is 12.8. The Labute approximate surface area is 123 Å². The molecule has 2 heterocycles. The maximum Gasteiger partial charge on any atom is 0.184 e. The van der Waals surface area contributed by atoms with Crippen LogP contribution in [0, 0.1) is 0 Å². The summed E-state index contributed by atoms with van der Waals surface area (Å²) in [6.07, 6.45) is 2.04. The lowest BCUT2D eigenvalue weighted by Gasteiger charge is -2.34. The number of aromatic nitrogens is 1. The molecule has 0 bridgehead atoms. The van der Waals surface area contributed by atoms with Gasteiger partial charge in [0.15, 0.2) is 5.13 Å². The number of hydrogen-bond donors (Lipinski definition) is 1. The number of rotatable bonds is 4. The largest absolute Gasteiger partial charge is 0.494 e. The molecular formula is C15H20N2O2S. The molecule has 0 spiro atoms. The number of anilines is 1. The molecule has 1 aromatic carbocycles. The van der Waals surface area contributed by atoms with Crippen LogP contribution in [0.2, 0.25) is 0 Å². The van der Waals surface area contributed by atoms with Crippen LogP contribution in [0.4, 0.5) is 5.13 Å². The Morgan fingerprint density at radius 2 is 2.20 bits per heavy atom. The minimum atomic E-state index is 0.0921. The predicted octanol–water partition coefficient (Wildman–Crippen LogP) is 3.68. The fourth-order valence-electron chi connectivity index (χ4n) is 2.42. The van der Waals surface area contributed by atoms with Gasteiger partial charge in [0.2, 0.25) is 0 Å². The average Bonchev–Trinajstić information content (AvgIpc) is 2.80. The summed E-state index contributed by atoms with van der Waals surface area (Å²) in [6, 6.07) is 6.06. The van der Waals surface area contributed by atoms with Crippen LogP contribution in [0.15, 0.2) is 18.2 Å². The summed E-state index contributed by atoms with van der Waals surface area (Å²) in [5.41, 5.74) is 1.12. The third-order valence-corrected chi connectivity index (χ3v) is 4.61. The Hall–Kier alpha value is -1.33. The molecule has 0 atom stereocenters. The van der Waals surface area contributed by atoms with E-state index in [2.05, 4.69) is 23.3 Å². The maximum absolute atomic E-state index is 5.53. The molecule has 4 nitrogen and oxygen atoms in total. The van der Waals surface area contributed by atoms with Crippen molar-refractivity contribution in [2.24, 2.45) is 0 Å². The van der Waals surface area contributed by atoms with E-state index in [9.17, 15) is 0 Å². The molecule has 0 amide bonds. The Morgan fingerprint density at radius 3 is 2.95 bits per heavy atom. The van der Waals surface area contributed by atoms with E-state index >= 15 is 0 Å². The van der Waals surface area contributed by atoms with Crippen LogP contribution < -0.4 is 10.1 Å². The summed E-state index contributed by atoms with van der Waals surface area (Å²) in [4.78, 5) is 4.66. The summed E-state index contributed by atoms with van der Waals surface area (Å²) < 4.78 is 12.1. The van der Waals surface area contributed by atoms with Gasteiger partial charge in [-0.2, -0.15) is 0 Å². The van der Waals surface area contributed by atoms with Crippen molar-refractivity contribution in [3.05, 3.63) is 18.2 Å². The second kappa shape index (κ2) is 5.58. The Kier molecular flexibility index (Phi) is 3.81. The lowest BCUT2D eigenvalue weighted by Crippen LogP contribution is -2.40. The van der Waals surface area contributed by atoms with Crippen molar-refractivity contribution < 1.29 is 9.47 Å². The lowest BCUT2D eigenvalue weighted by atomic mass is 9.93. The molecule has 0 saturated carbocycles. The number of thiazole rings is 1. The summed E-state index contributed by atoms with van der Waals surface area (Å²) in [7, 11) is 0. The molecule has 1 fully saturated rings. The SMILES string of the molecule is CCOc1ccc2nc(NC3(C)CCOCC3)sc2c1. The third-order valence-electron chi connectivity index (χ3n) is 3.68. The van der Waals surface area contributed by atoms with Crippen molar-refractivity contribution >= 4 is 26.7 Å². The molecule has 1 N–H and O–H groups in total. The molecule has 5 heteroatoms. The topological polar surface area (TPSA) is 43.4 Å². The minimum absolute atomic E-state index is 0.0921. The van der Waals surface area contributed by atoms with Crippen LogP contribution >= 0.6 is 11.3 Å². The van der Waals surface area contributed by atoms with Crippen molar-refractivity contribution in [3.63, 3.8) is 0 Å². The molecule has 1 aliphatic heterocycles. The molecule has 1 saturated heterocycles. The number of nitrogens with one attached hydrogen (secondary N) is 1. The molecule has 1 aliphatic rings. The van der Waals surface area contributed by atoms with Crippen molar-refractivity contribution in [2.75, 3.05) is 25.1 Å². The van der Waals surface area contributed by atoms with Gasteiger partial charge >= 0.3 is 0 Å². The first kappa shape index (κ1) is 13.6. The highest BCUT2D eigenvalue weighted by molar-refractivity contribution is 7.22. The molecular weight excluding hydrogens is 272 g/mol. The highest BCUT2D eigenvalue weighted by Gasteiger charge is 2.28. The van der Waals surface area contributed by atoms with Gasteiger partial charge in [0, 0.05) is 18.8 Å². The van der Waals surface area contributed by atoms with Crippen LogP contribution in [0.25, 0.3) is 10.2 Å². The van der Waals surface area contributed by atoms with E-state index in [1.807, 2.05) is 19.1 Å². The van der Waals surface area contributed by atoms with E-state index in [1.165, 1.54) is 0 Å². The zero-order valence-electron chi connectivity index (χ0n) is 11.9. The quantitative estimate of drug-likeness (QED) is 0.933. The van der Waals surface area contributed by atoms with Gasteiger partial charge in [-0.1, -0.05) is 11.3 Å². The van der Waals surface area contributed by atoms with Crippen LogP contribution in [-0.4, -0.2) is 30.3 Å². The van der Waals surface area contributed by atoms with Crippen molar-refractivity contribution in [3.8, 4) is 5.75 Å². The monoisotopic (exact) mass is 292 g/mol. The fourth-order valence-corrected chi connectivity index (χ4v) is 3.46. The van der Waals surface area contributed by atoms with Gasteiger partial charge in [-0.05, 0) is 44.9 Å². The lowest BCUT2D eigenvalue weighted by molar-refractivity contribution is 0.0658. The maximum atomic E-state index is 5.53. The summed E-state index contributed by atoms with van der Waals surface area (Å²) >= 11 is 1.69. The van der Waals surface area contributed by atoms with Gasteiger partial charge in [0.25, 0.3) is 0 Å². The van der Waals surface area contributed by atoms with Gasteiger partial charge in [-0.15, -0.1) is 0 Å². The van der Waals surface area contributed by atoms with Gasteiger partial charge in [-0.25, -0.2) is 4.98 Å². The minimum Gasteiger partial charge on any atom is -0.494 e. The fraction of sp³-hybridized carbons (Fsp3) is 0.533. The van der Waals surface area contributed by atoms with E-state index in [4.69, 9.17) is 9.47 Å². The third kappa shape index (κ3) is 2.88. The number of benzene rings is 1. The van der Waals surface area contributed by atoms with E-state index in [1.54, 1.807) is 11.3 Å². The molecule has 20 heavy (non-hydrogen) atoms. The second-order valence-electron chi connectivity index (χ2n) is 5.38. The van der Waals surface area contributed by atoms with Crippen molar-refractivity contribution in [1.82, 2.24) is 4.98 Å². The van der Waals surface area contributed by atoms with Gasteiger partial charge in [-0.3, -0.25) is 0 Å². The first-order chi connectivity index (χ1) is 9.68. The number of fused-ring (bicyclic) bond motifs is 1.